The van der Waals surface area contributed by atoms with E-state index in [1.54, 1.807) is 0 Å². The van der Waals surface area contributed by atoms with Gasteiger partial charge in [-0.3, -0.25) is 9.69 Å². The van der Waals surface area contributed by atoms with Crippen molar-refractivity contribution in [3.05, 3.63) is 182 Å². The highest BCUT2D eigenvalue weighted by Gasteiger charge is 2.44. The molecule has 1 saturated carbocycles. The lowest BCUT2D eigenvalue weighted by Crippen LogP contribution is -2.45. The van der Waals surface area contributed by atoms with Crippen LogP contribution in [0, 0.1) is 5.41 Å². The summed E-state index contributed by atoms with van der Waals surface area (Å²) in [5.41, 5.74) is 7.63. The van der Waals surface area contributed by atoms with Gasteiger partial charge in [-0.15, -0.1) is 0 Å². The Morgan fingerprint density at radius 3 is 2.27 bits per heavy atom. The molecule has 2 heterocycles. The standard InChI is InChI=1S/C35H36ClNO3S.C17H18Cl2N2/c1-34(2,40)30-9-4-3-7-25(30)13-17-32(41-23-35(18-19-35)22-33(38)39)27-8-5-6-24(20-27)10-15-29-16-12-26-11-14-28(36)21-31(26)37-29;18-15-7-6-14(12-16(15)19)17(13-4-2-1-3-5-13)21-10-8-20-9-11-21/h3-12,14-16,20-21,32,40H,13,17-19,22-23H2,1-2H3,(H,38,39);1-7,12,17,20H,8-11H2/b15-10+;/t32-;/m1./s1. The second-order valence-corrected chi connectivity index (χ2v) is 19.4. The maximum absolute atomic E-state index is 11.5. The first-order valence-corrected chi connectivity index (χ1v) is 23.5. The van der Waals surface area contributed by atoms with E-state index in [1.165, 1.54) is 16.7 Å². The zero-order valence-electron chi connectivity index (χ0n) is 35.2. The molecule has 2 atom stereocenters. The molecule has 0 spiro atoms. The number of aryl methyl sites for hydroxylation is 1. The molecule has 2 aliphatic rings. The molecule has 10 heteroatoms. The van der Waals surface area contributed by atoms with Crippen LogP contribution in [-0.4, -0.2) is 58.0 Å². The third-order valence-electron chi connectivity index (χ3n) is 11.7. The average molecular weight is 907 g/mol. The number of nitrogens with zero attached hydrogens (tertiary/aromatic N) is 2. The highest BCUT2D eigenvalue weighted by atomic mass is 35.5. The number of thioether (sulfide) groups is 1. The molecule has 5 aromatic carbocycles. The van der Waals surface area contributed by atoms with Crippen molar-refractivity contribution in [1.82, 2.24) is 15.2 Å². The van der Waals surface area contributed by atoms with Gasteiger partial charge in [-0.25, -0.2) is 4.98 Å². The molecule has 1 aliphatic heterocycles. The topological polar surface area (TPSA) is 85.7 Å². The molecule has 1 unspecified atom stereocenters. The zero-order valence-corrected chi connectivity index (χ0v) is 38.3. The molecule has 0 radical (unpaired) electrons. The van der Waals surface area contributed by atoms with Gasteiger partial charge in [0.05, 0.1) is 39.3 Å². The number of rotatable bonds is 15. The van der Waals surface area contributed by atoms with Crippen LogP contribution < -0.4 is 5.32 Å². The van der Waals surface area contributed by atoms with Crippen LogP contribution in [0.4, 0.5) is 0 Å². The maximum atomic E-state index is 11.5. The monoisotopic (exact) mass is 905 g/mol. The number of nitrogens with one attached hydrogen (secondary N) is 1. The Balaban J connectivity index is 0.000000230. The summed E-state index contributed by atoms with van der Waals surface area (Å²) in [5.74, 6) is 0.122. The van der Waals surface area contributed by atoms with Crippen LogP contribution in [0.1, 0.15) is 89.9 Å². The molecule has 6 aromatic rings. The molecule has 6 nitrogen and oxygen atoms in total. The molecular formula is C52H54Cl3N3O3S. The van der Waals surface area contributed by atoms with Crippen molar-refractivity contribution >= 4 is 75.6 Å². The van der Waals surface area contributed by atoms with Gasteiger partial charge >= 0.3 is 5.97 Å². The van der Waals surface area contributed by atoms with Crippen LogP contribution in [-0.2, 0) is 16.8 Å². The summed E-state index contributed by atoms with van der Waals surface area (Å²) in [7, 11) is 0. The van der Waals surface area contributed by atoms with Crippen LogP contribution in [0.15, 0.2) is 127 Å². The van der Waals surface area contributed by atoms with E-state index < -0.39 is 11.6 Å². The Labute approximate surface area is 385 Å². The number of aliphatic hydroxyl groups is 1. The number of carbonyl (C=O) groups is 1. The zero-order chi connectivity index (χ0) is 43.7. The Morgan fingerprint density at radius 1 is 0.823 bits per heavy atom. The summed E-state index contributed by atoms with van der Waals surface area (Å²) < 4.78 is 0. The fourth-order valence-corrected chi connectivity index (χ4v) is 10.3. The van der Waals surface area contributed by atoms with Crippen molar-refractivity contribution in [2.75, 3.05) is 31.9 Å². The Hall–Kier alpha value is -4.18. The van der Waals surface area contributed by atoms with Gasteiger partial charge in [-0.05, 0) is 115 Å². The van der Waals surface area contributed by atoms with Crippen LogP contribution in [0.25, 0.3) is 23.1 Å². The number of fused-ring (bicyclic) bond motifs is 1. The van der Waals surface area contributed by atoms with Crippen molar-refractivity contribution in [3.63, 3.8) is 0 Å². The molecule has 0 bridgehead atoms. The van der Waals surface area contributed by atoms with Gasteiger partial charge in [0.25, 0.3) is 0 Å². The molecule has 2 fully saturated rings. The van der Waals surface area contributed by atoms with Crippen LogP contribution in [0.5, 0.6) is 0 Å². The minimum atomic E-state index is -0.911. The van der Waals surface area contributed by atoms with E-state index in [1.807, 2.05) is 92.3 Å². The summed E-state index contributed by atoms with van der Waals surface area (Å²) in [5, 5.41) is 26.7. The van der Waals surface area contributed by atoms with Crippen molar-refractivity contribution in [2.24, 2.45) is 5.41 Å². The smallest absolute Gasteiger partial charge is 0.303 e. The summed E-state index contributed by atoms with van der Waals surface area (Å²) in [6.45, 7) is 7.75. The normalized spacial score (nSPS) is 16.1. The number of hydrogen-bond acceptors (Lipinski definition) is 6. The quantitative estimate of drug-likeness (QED) is 0.0946. The molecule has 1 saturated heterocycles. The lowest BCUT2D eigenvalue weighted by atomic mass is 9.90. The minimum absolute atomic E-state index is 0.0814. The van der Waals surface area contributed by atoms with Crippen LogP contribution in [0.3, 0.4) is 0 Å². The van der Waals surface area contributed by atoms with Crippen molar-refractivity contribution in [1.29, 1.82) is 0 Å². The fraction of sp³-hybridized carbons (Fsp3) is 0.308. The predicted molar refractivity (Wildman–Crippen MR) is 260 cm³/mol. The number of benzene rings is 5. The number of halogens is 3. The van der Waals surface area contributed by atoms with Gasteiger partial charge < -0.3 is 15.5 Å². The van der Waals surface area contributed by atoms with E-state index in [4.69, 9.17) is 39.8 Å². The predicted octanol–water partition coefficient (Wildman–Crippen LogP) is 12.9. The number of pyridine rings is 1. The SMILES string of the molecule is CC(C)(O)c1ccccc1CC[C@@H](SCC1(CC(=O)O)CC1)c1cccc(/C=C/c2ccc3ccc(Cl)cc3n2)c1.Clc1ccc(C(c2ccccc2)N2CCNCC2)cc1Cl. The summed E-state index contributed by atoms with van der Waals surface area (Å²) >= 11 is 20.3. The Bertz CT molecular complexity index is 2480. The Kier molecular flexibility index (Phi) is 15.5. The van der Waals surface area contributed by atoms with E-state index in [0.29, 0.717) is 15.1 Å². The molecular weight excluding hydrogens is 853 g/mol. The third kappa shape index (κ3) is 12.5. The van der Waals surface area contributed by atoms with Gasteiger partial charge in [0.1, 0.15) is 0 Å². The number of aliphatic carboxylic acids is 1. The molecule has 62 heavy (non-hydrogen) atoms. The van der Waals surface area contributed by atoms with E-state index in [2.05, 4.69) is 83.0 Å². The second kappa shape index (κ2) is 21.0. The van der Waals surface area contributed by atoms with Crippen molar-refractivity contribution < 1.29 is 15.0 Å². The molecule has 3 N–H and O–H groups in total. The molecule has 8 rings (SSSR count). The van der Waals surface area contributed by atoms with E-state index in [0.717, 1.165) is 90.9 Å². The van der Waals surface area contributed by atoms with Crippen LogP contribution in [0.2, 0.25) is 15.1 Å². The number of carboxylic acid groups (broad SMARTS) is 1. The van der Waals surface area contributed by atoms with E-state index in [9.17, 15) is 15.0 Å². The second-order valence-electron chi connectivity index (χ2n) is 17.0. The molecule has 1 aliphatic carbocycles. The van der Waals surface area contributed by atoms with Crippen molar-refractivity contribution in [2.45, 2.75) is 62.8 Å². The first-order chi connectivity index (χ1) is 29.9. The average Bonchev–Trinajstić information content (AvgIpc) is 4.03. The van der Waals surface area contributed by atoms with Gasteiger partial charge in [-0.2, -0.15) is 11.8 Å². The van der Waals surface area contributed by atoms with Crippen molar-refractivity contribution in [3.8, 4) is 0 Å². The number of hydrogen-bond donors (Lipinski definition) is 3. The first kappa shape index (κ1) is 45.8. The lowest BCUT2D eigenvalue weighted by molar-refractivity contribution is -0.138. The summed E-state index contributed by atoms with van der Waals surface area (Å²) in [6, 6.07) is 43.2. The summed E-state index contributed by atoms with van der Waals surface area (Å²) in [6.07, 6.45) is 8.02. The van der Waals surface area contributed by atoms with Gasteiger partial charge in [0.2, 0.25) is 0 Å². The summed E-state index contributed by atoms with van der Waals surface area (Å²) in [4.78, 5) is 18.7. The third-order valence-corrected chi connectivity index (χ3v) is 14.4. The number of piperazine rings is 1. The first-order valence-electron chi connectivity index (χ1n) is 21.3. The molecule has 1 aromatic heterocycles. The van der Waals surface area contributed by atoms with Gasteiger partial charge in [-0.1, -0.05) is 138 Å². The largest absolute Gasteiger partial charge is 0.481 e. The highest BCUT2D eigenvalue weighted by Crippen LogP contribution is 2.53. The van der Waals surface area contributed by atoms with Gasteiger partial charge in [0.15, 0.2) is 0 Å². The number of carboxylic acids is 1. The Morgan fingerprint density at radius 2 is 1.55 bits per heavy atom. The van der Waals surface area contributed by atoms with E-state index >= 15 is 0 Å². The van der Waals surface area contributed by atoms with Crippen LogP contribution >= 0.6 is 46.6 Å². The van der Waals surface area contributed by atoms with Gasteiger partial charge in [0, 0.05) is 47.6 Å². The number of aromatic nitrogens is 1. The lowest BCUT2D eigenvalue weighted by Gasteiger charge is -2.35. The fourth-order valence-electron chi connectivity index (χ4n) is 8.23. The highest BCUT2D eigenvalue weighted by molar-refractivity contribution is 7.99. The minimum Gasteiger partial charge on any atom is -0.481 e. The van der Waals surface area contributed by atoms with E-state index in [-0.39, 0.29) is 23.1 Å². The molecule has 0 amide bonds. The maximum Gasteiger partial charge on any atom is 0.303 e. The molecule has 322 valence electrons.